The number of anilines is 1. The summed E-state index contributed by atoms with van der Waals surface area (Å²) >= 11 is 0. The molecule has 1 aromatic heterocycles. The van der Waals surface area contributed by atoms with E-state index in [0.29, 0.717) is 11.3 Å². The average molecular weight is 314 g/mol. The Kier molecular flexibility index (Phi) is 3.35. The highest BCUT2D eigenvalue weighted by atomic mass is 16.2. The van der Waals surface area contributed by atoms with Gasteiger partial charge in [-0.25, -0.2) is 0 Å². The van der Waals surface area contributed by atoms with Gasteiger partial charge in [0.15, 0.2) is 0 Å². The van der Waals surface area contributed by atoms with E-state index in [1.807, 2.05) is 36.4 Å². The number of Topliss-reactive ketones (excluding diaryl/α,β-unsaturated/α-hetero) is 1. The third-order valence-corrected chi connectivity index (χ3v) is 4.01. The van der Waals surface area contributed by atoms with Crippen molar-refractivity contribution in [2.75, 3.05) is 5.32 Å². The second-order valence-electron chi connectivity index (χ2n) is 5.58. The van der Waals surface area contributed by atoms with Crippen molar-refractivity contribution in [3.8, 4) is 0 Å². The number of benzene rings is 3. The fourth-order valence-electron chi connectivity index (χ4n) is 2.83. The lowest BCUT2D eigenvalue weighted by Gasteiger charge is -2.04. The van der Waals surface area contributed by atoms with Gasteiger partial charge < -0.3 is 10.3 Å². The van der Waals surface area contributed by atoms with E-state index >= 15 is 0 Å². The van der Waals surface area contributed by atoms with Gasteiger partial charge in [-0.2, -0.15) is 0 Å². The summed E-state index contributed by atoms with van der Waals surface area (Å²) in [6, 6.07) is 22.1. The molecular formula is C20H14N2O2. The Balaban J connectivity index is 1.69. The predicted molar refractivity (Wildman–Crippen MR) is 95.2 cm³/mol. The minimum absolute atomic E-state index is 0.376. The molecule has 1 heterocycles. The standard InChI is InChI=1S/C20H14N2O2/c23-19(20(24)21-14-6-2-1-3-7-14)13-10-11-18-16(12-13)15-8-4-5-9-17(15)22-18/h1-12,22H,(H,21,24). The quantitative estimate of drug-likeness (QED) is 0.441. The molecule has 24 heavy (non-hydrogen) atoms. The zero-order valence-electron chi connectivity index (χ0n) is 12.7. The summed E-state index contributed by atoms with van der Waals surface area (Å²) in [6.45, 7) is 0. The first-order valence-corrected chi connectivity index (χ1v) is 7.63. The first-order valence-electron chi connectivity index (χ1n) is 7.63. The van der Waals surface area contributed by atoms with Crippen LogP contribution < -0.4 is 5.32 Å². The molecule has 0 radical (unpaired) electrons. The van der Waals surface area contributed by atoms with Crippen molar-refractivity contribution in [3.05, 3.63) is 78.4 Å². The molecule has 0 saturated heterocycles. The zero-order valence-corrected chi connectivity index (χ0v) is 12.7. The largest absolute Gasteiger partial charge is 0.355 e. The van der Waals surface area contributed by atoms with E-state index in [9.17, 15) is 9.59 Å². The number of carbonyl (C=O) groups excluding carboxylic acids is 2. The van der Waals surface area contributed by atoms with E-state index in [4.69, 9.17) is 0 Å². The molecule has 0 bridgehead atoms. The van der Waals surface area contributed by atoms with Crippen LogP contribution in [-0.4, -0.2) is 16.7 Å². The predicted octanol–water partition coefficient (Wildman–Crippen LogP) is 4.14. The van der Waals surface area contributed by atoms with Crippen LogP contribution in [0.25, 0.3) is 21.8 Å². The second-order valence-corrected chi connectivity index (χ2v) is 5.58. The van der Waals surface area contributed by atoms with Gasteiger partial charge in [0.1, 0.15) is 0 Å². The van der Waals surface area contributed by atoms with Gasteiger partial charge in [0.05, 0.1) is 0 Å². The zero-order chi connectivity index (χ0) is 16.5. The van der Waals surface area contributed by atoms with Gasteiger partial charge >= 0.3 is 0 Å². The molecule has 4 rings (SSSR count). The molecule has 0 fully saturated rings. The smallest absolute Gasteiger partial charge is 0.296 e. The molecule has 0 unspecified atom stereocenters. The lowest BCUT2D eigenvalue weighted by Crippen LogP contribution is -2.22. The van der Waals surface area contributed by atoms with Crippen LogP contribution in [0.1, 0.15) is 10.4 Å². The van der Waals surface area contributed by atoms with Crippen molar-refractivity contribution in [1.82, 2.24) is 4.98 Å². The fraction of sp³-hybridized carbons (Fsp3) is 0. The number of aromatic nitrogens is 1. The average Bonchev–Trinajstić information content (AvgIpc) is 2.99. The Hall–Kier alpha value is -3.40. The van der Waals surface area contributed by atoms with Gasteiger partial charge in [0.25, 0.3) is 11.7 Å². The van der Waals surface area contributed by atoms with Crippen LogP contribution >= 0.6 is 0 Å². The molecule has 3 aromatic carbocycles. The Bertz CT molecular complexity index is 1060. The SMILES string of the molecule is O=C(Nc1ccccc1)C(=O)c1ccc2[nH]c3ccccc3c2c1. The van der Waals surface area contributed by atoms with Gasteiger partial charge in [0.2, 0.25) is 0 Å². The molecule has 0 aliphatic heterocycles. The third kappa shape index (κ3) is 2.44. The van der Waals surface area contributed by atoms with E-state index in [1.54, 1.807) is 36.4 Å². The van der Waals surface area contributed by atoms with Crippen molar-refractivity contribution in [2.24, 2.45) is 0 Å². The summed E-state index contributed by atoms with van der Waals surface area (Å²) in [5, 5.41) is 4.59. The molecular weight excluding hydrogens is 300 g/mol. The Morgan fingerprint density at radius 3 is 2.29 bits per heavy atom. The number of amides is 1. The van der Waals surface area contributed by atoms with Crippen LogP contribution in [0.4, 0.5) is 5.69 Å². The topological polar surface area (TPSA) is 62.0 Å². The number of fused-ring (bicyclic) bond motifs is 3. The molecule has 0 aliphatic rings. The van der Waals surface area contributed by atoms with Gasteiger partial charge in [-0.05, 0) is 36.4 Å². The van der Waals surface area contributed by atoms with Crippen LogP contribution in [0.2, 0.25) is 0 Å². The number of hydrogen-bond acceptors (Lipinski definition) is 2. The van der Waals surface area contributed by atoms with Gasteiger partial charge in [-0.3, -0.25) is 9.59 Å². The molecule has 0 spiro atoms. The van der Waals surface area contributed by atoms with Crippen LogP contribution in [-0.2, 0) is 4.79 Å². The van der Waals surface area contributed by atoms with Crippen LogP contribution in [0.3, 0.4) is 0 Å². The first kappa shape index (κ1) is 14.2. The molecule has 0 saturated carbocycles. The minimum atomic E-state index is -0.639. The van der Waals surface area contributed by atoms with E-state index in [-0.39, 0.29) is 0 Å². The van der Waals surface area contributed by atoms with Crippen LogP contribution in [0, 0.1) is 0 Å². The number of aromatic amines is 1. The lowest BCUT2D eigenvalue weighted by atomic mass is 10.1. The summed E-state index contributed by atoms with van der Waals surface area (Å²) in [6.07, 6.45) is 0. The summed E-state index contributed by atoms with van der Waals surface area (Å²) in [5.74, 6) is -1.19. The molecule has 116 valence electrons. The highest BCUT2D eigenvalue weighted by Gasteiger charge is 2.17. The highest BCUT2D eigenvalue weighted by Crippen LogP contribution is 2.26. The van der Waals surface area contributed by atoms with Gasteiger partial charge in [0, 0.05) is 33.1 Å². The van der Waals surface area contributed by atoms with E-state index in [1.165, 1.54) is 0 Å². The number of para-hydroxylation sites is 2. The lowest BCUT2D eigenvalue weighted by molar-refractivity contribution is -0.112. The number of rotatable bonds is 3. The summed E-state index contributed by atoms with van der Waals surface area (Å²) in [7, 11) is 0. The molecule has 0 aliphatic carbocycles. The van der Waals surface area contributed by atoms with Crippen molar-refractivity contribution in [1.29, 1.82) is 0 Å². The van der Waals surface area contributed by atoms with Crippen molar-refractivity contribution in [3.63, 3.8) is 0 Å². The van der Waals surface area contributed by atoms with Crippen LogP contribution in [0.15, 0.2) is 72.8 Å². The second kappa shape index (κ2) is 5.66. The summed E-state index contributed by atoms with van der Waals surface area (Å²) in [4.78, 5) is 27.9. The summed E-state index contributed by atoms with van der Waals surface area (Å²) < 4.78 is 0. The number of H-pyrrole nitrogens is 1. The molecule has 0 atom stereocenters. The Morgan fingerprint density at radius 1 is 0.750 bits per heavy atom. The van der Waals surface area contributed by atoms with Crippen LogP contribution in [0.5, 0.6) is 0 Å². The van der Waals surface area contributed by atoms with Crippen molar-refractivity contribution < 1.29 is 9.59 Å². The van der Waals surface area contributed by atoms with Crippen molar-refractivity contribution in [2.45, 2.75) is 0 Å². The molecule has 4 nitrogen and oxygen atoms in total. The Labute approximate surface area is 138 Å². The third-order valence-electron chi connectivity index (χ3n) is 4.01. The normalized spacial score (nSPS) is 10.8. The molecule has 2 N–H and O–H groups in total. The van der Waals surface area contributed by atoms with E-state index in [2.05, 4.69) is 10.3 Å². The first-order chi connectivity index (χ1) is 11.7. The molecule has 1 amide bonds. The Morgan fingerprint density at radius 2 is 1.46 bits per heavy atom. The maximum absolute atomic E-state index is 12.4. The fourth-order valence-corrected chi connectivity index (χ4v) is 2.83. The highest BCUT2D eigenvalue weighted by molar-refractivity contribution is 6.46. The number of ketones is 1. The maximum atomic E-state index is 12.4. The summed E-state index contributed by atoms with van der Waals surface area (Å²) in [5.41, 5.74) is 2.92. The number of carbonyl (C=O) groups is 2. The van der Waals surface area contributed by atoms with E-state index in [0.717, 1.165) is 21.8 Å². The van der Waals surface area contributed by atoms with E-state index < -0.39 is 11.7 Å². The number of nitrogens with one attached hydrogen (secondary N) is 2. The minimum Gasteiger partial charge on any atom is -0.355 e. The monoisotopic (exact) mass is 314 g/mol. The molecule has 4 heteroatoms. The van der Waals surface area contributed by atoms with Gasteiger partial charge in [-0.1, -0.05) is 36.4 Å². The molecule has 4 aromatic rings. The van der Waals surface area contributed by atoms with Crippen molar-refractivity contribution >= 4 is 39.2 Å². The van der Waals surface area contributed by atoms with Gasteiger partial charge in [-0.15, -0.1) is 0 Å². The maximum Gasteiger partial charge on any atom is 0.296 e. The number of hydrogen-bond donors (Lipinski definition) is 2.